The Morgan fingerprint density at radius 1 is 1.52 bits per heavy atom. The maximum atomic E-state index is 12.1. The number of likely N-dealkylation sites (N-methyl/N-ethyl adjacent to an activating group) is 1. The second kappa shape index (κ2) is 6.87. The van der Waals surface area contributed by atoms with E-state index in [1.54, 1.807) is 11.3 Å². The van der Waals surface area contributed by atoms with Crippen molar-refractivity contribution in [3.63, 3.8) is 0 Å². The highest BCUT2D eigenvalue weighted by atomic mass is 32.1. The molecule has 0 radical (unpaired) electrons. The van der Waals surface area contributed by atoms with Gasteiger partial charge in [-0.2, -0.15) is 5.10 Å². The predicted molar refractivity (Wildman–Crippen MR) is 86.8 cm³/mol. The van der Waals surface area contributed by atoms with E-state index in [-0.39, 0.29) is 5.91 Å². The lowest BCUT2D eigenvalue weighted by atomic mass is 10.2. The standard InChI is InChI=1S/C15H22N4OS/c1-10(8-13-6-5-7-21-13)19(4)9-14(20)16-15-11(2)17-18-12(15)3/h5-7,10H,8-9H2,1-4H3,(H,16,20)(H,17,18). The average molecular weight is 306 g/mol. The lowest BCUT2D eigenvalue weighted by Crippen LogP contribution is -2.37. The van der Waals surface area contributed by atoms with Crippen molar-refractivity contribution in [3.05, 3.63) is 33.8 Å². The van der Waals surface area contributed by atoms with Crippen molar-refractivity contribution >= 4 is 22.9 Å². The van der Waals surface area contributed by atoms with Gasteiger partial charge in [-0.1, -0.05) is 6.07 Å². The first-order chi connectivity index (χ1) is 9.97. The minimum atomic E-state index is -0.0110. The van der Waals surface area contributed by atoms with E-state index in [0.717, 1.165) is 23.5 Å². The molecule has 5 nitrogen and oxygen atoms in total. The number of H-pyrrole nitrogens is 1. The van der Waals surface area contributed by atoms with Gasteiger partial charge in [0.25, 0.3) is 0 Å². The molecule has 0 aliphatic heterocycles. The number of anilines is 1. The minimum absolute atomic E-state index is 0.0110. The van der Waals surface area contributed by atoms with Crippen molar-refractivity contribution in [2.24, 2.45) is 0 Å². The van der Waals surface area contributed by atoms with Crippen molar-refractivity contribution in [2.45, 2.75) is 33.2 Å². The summed E-state index contributed by atoms with van der Waals surface area (Å²) in [7, 11) is 1.98. The van der Waals surface area contributed by atoms with Crippen LogP contribution in [0.25, 0.3) is 0 Å². The van der Waals surface area contributed by atoms with Crippen molar-refractivity contribution in [3.8, 4) is 0 Å². The normalized spacial score (nSPS) is 12.6. The van der Waals surface area contributed by atoms with E-state index >= 15 is 0 Å². The van der Waals surface area contributed by atoms with Gasteiger partial charge < -0.3 is 5.32 Å². The number of carbonyl (C=O) groups excluding carboxylic acids is 1. The summed E-state index contributed by atoms with van der Waals surface area (Å²) in [6, 6.07) is 4.51. The second-order valence-electron chi connectivity index (χ2n) is 5.40. The number of carbonyl (C=O) groups is 1. The molecule has 0 saturated carbocycles. The van der Waals surface area contributed by atoms with Gasteiger partial charge in [-0.05, 0) is 45.7 Å². The van der Waals surface area contributed by atoms with Gasteiger partial charge in [0.15, 0.2) is 0 Å². The Bertz CT molecular complexity index is 571. The molecule has 2 aromatic heterocycles. The van der Waals surface area contributed by atoms with E-state index in [2.05, 4.69) is 44.9 Å². The number of nitrogens with zero attached hydrogens (tertiary/aromatic N) is 2. The quantitative estimate of drug-likeness (QED) is 0.862. The number of aromatic amines is 1. The van der Waals surface area contributed by atoms with Crippen LogP contribution in [-0.4, -0.2) is 40.6 Å². The first-order valence-corrected chi connectivity index (χ1v) is 7.89. The first-order valence-electron chi connectivity index (χ1n) is 7.01. The van der Waals surface area contributed by atoms with Crippen molar-refractivity contribution < 1.29 is 4.79 Å². The molecule has 2 N–H and O–H groups in total. The third kappa shape index (κ3) is 4.15. The second-order valence-corrected chi connectivity index (χ2v) is 6.44. The molecule has 0 fully saturated rings. The Hall–Kier alpha value is -1.66. The molecule has 1 unspecified atom stereocenters. The van der Waals surface area contributed by atoms with Crippen LogP contribution in [0.15, 0.2) is 17.5 Å². The zero-order valence-corrected chi connectivity index (χ0v) is 13.8. The maximum Gasteiger partial charge on any atom is 0.238 e. The van der Waals surface area contributed by atoms with Gasteiger partial charge in [-0.25, -0.2) is 0 Å². The molecule has 1 amide bonds. The van der Waals surface area contributed by atoms with E-state index in [9.17, 15) is 4.79 Å². The predicted octanol–water partition coefficient (Wildman–Crippen LogP) is 2.59. The molecule has 114 valence electrons. The lowest BCUT2D eigenvalue weighted by Gasteiger charge is -2.23. The fraction of sp³-hybridized carbons (Fsp3) is 0.467. The molecule has 6 heteroatoms. The van der Waals surface area contributed by atoms with Crippen LogP contribution in [-0.2, 0) is 11.2 Å². The smallest absolute Gasteiger partial charge is 0.238 e. The third-order valence-electron chi connectivity index (χ3n) is 3.61. The van der Waals surface area contributed by atoms with Crippen LogP contribution >= 0.6 is 11.3 Å². The Labute approximate surface area is 129 Å². The molecule has 0 aliphatic rings. The highest BCUT2D eigenvalue weighted by Crippen LogP contribution is 2.16. The molecule has 0 aromatic carbocycles. The third-order valence-corrected chi connectivity index (χ3v) is 4.51. The molecule has 1 atom stereocenters. The van der Waals surface area contributed by atoms with Crippen LogP contribution < -0.4 is 5.32 Å². The van der Waals surface area contributed by atoms with Crippen LogP contribution in [0, 0.1) is 13.8 Å². The Balaban J connectivity index is 1.87. The number of hydrogen-bond donors (Lipinski definition) is 2. The number of nitrogens with one attached hydrogen (secondary N) is 2. The van der Waals surface area contributed by atoms with E-state index < -0.39 is 0 Å². The van der Waals surface area contributed by atoms with Gasteiger partial charge >= 0.3 is 0 Å². The van der Waals surface area contributed by atoms with Crippen LogP contribution in [0.3, 0.4) is 0 Å². The fourth-order valence-electron chi connectivity index (χ4n) is 2.17. The Kier molecular flexibility index (Phi) is 5.14. The highest BCUT2D eigenvalue weighted by molar-refractivity contribution is 7.09. The zero-order chi connectivity index (χ0) is 15.4. The first kappa shape index (κ1) is 15.7. The summed E-state index contributed by atoms with van der Waals surface area (Å²) in [6.07, 6.45) is 0.964. The van der Waals surface area contributed by atoms with E-state index in [1.165, 1.54) is 4.88 Å². The number of amides is 1. The van der Waals surface area contributed by atoms with Crippen molar-refractivity contribution in [1.29, 1.82) is 0 Å². The van der Waals surface area contributed by atoms with Crippen LogP contribution in [0.4, 0.5) is 5.69 Å². The summed E-state index contributed by atoms with van der Waals surface area (Å²) in [5.41, 5.74) is 2.49. The van der Waals surface area contributed by atoms with E-state index in [0.29, 0.717) is 12.6 Å². The van der Waals surface area contributed by atoms with E-state index in [4.69, 9.17) is 0 Å². The molecule has 21 heavy (non-hydrogen) atoms. The molecule has 2 heterocycles. The molecule has 0 saturated heterocycles. The molecular formula is C15H22N4OS. The maximum absolute atomic E-state index is 12.1. The van der Waals surface area contributed by atoms with Gasteiger partial charge in [0, 0.05) is 10.9 Å². The van der Waals surface area contributed by atoms with Gasteiger partial charge in [-0.3, -0.25) is 14.8 Å². The summed E-state index contributed by atoms with van der Waals surface area (Å²) in [5, 5.41) is 12.0. The Morgan fingerprint density at radius 2 is 2.29 bits per heavy atom. The monoisotopic (exact) mass is 306 g/mol. The number of aromatic nitrogens is 2. The SMILES string of the molecule is Cc1n[nH]c(C)c1NC(=O)CN(C)C(C)Cc1cccs1. The van der Waals surface area contributed by atoms with Crippen LogP contribution in [0.1, 0.15) is 23.2 Å². The summed E-state index contributed by atoms with van der Waals surface area (Å²) in [6.45, 7) is 6.29. The number of aryl methyl sites for hydroxylation is 2. The number of thiophene rings is 1. The van der Waals surface area contributed by atoms with E-state index in [1.807, 2.05) is 20.9 Å². The van der Waals surface area contributed by atoms with Crippen LogP contribution in [0.5, 0.6) is 0 Å². The minimum Gasteiger partial charge on any atom is -0.322 e. The molecule has 2 aromatic rings. The Morgan fingerprint density at radius 3 is 2.86 bits per heavy atom. The highest BCUT2D eigenvalue weighted by Gasteiger charge is 2.16. The zero-order valence-electron chi connectivity index (χ0n) is 12.9. The summed E-state index contributed by atoms with van der Waals surface area (Å²) >= 11 is 1.76. The van der Waals surface area contributed by atoms with Gasteiger partial charge in [0.1, 0.15) is 0 Å². The largest absolute Gasteiger partial charge is 0.322 e. The molecule has 0 aliphatic carbocycles. The van der Waals surface area contributed by atoms with Gasteiger partial charge in [-0.15, -0.1) is 11.3 Å². The number of hydrogen-bond acceptors (Lipinski definition) is 4. The summed E-state index contributed by atoms with van der Waals surface area (Å²) < 4.78 is 0. The summed E-state index contributed by atoms with van der Waals surface area (Å²) in [4.78, 5) is 15.6. The van der Waals surface area contributed by atoms with Gasteiger partial charge in [0.2, 0.25) is 5.91 Å². The van der Waals surface area contributed by atoms with Crippen molar-refractivity contribution in [1.82, 2.24) is 15.1 Å². The molecule has 0 bridgehead atoms. The van der Waals surface area contributed by atoms with Crippen molar-refractivity contribution in [2.75, 3.05) is 18.9 Å². The average Bonchev–Trinajstić information content (AvgIpc) is 3.03. The molecule has 0 spiro atoms. The van der Waals surface area contributed by atoms with Crippen LogP contribution in [0.2, 0.25) is 0 Å². The topological polar surface area (TPSA) is 61.0 Å². The van der Waals surface area contributed by atoms with Gasteiger partial charge in [0.05, 0.1) is 23.6 Å². The molecule has 2 rings (SSSR count). The number of rotatable bonds is 6. The molecular weight excluding hydrogens is 284 g/mol. The summed E-state index contributed by atoms with van der Waals surface area (Å²) in [5.74, 6) is -0.0110. The fourth-order valence-corrected chi connectivity index (χ4v) is 3.00. The lowest BCUT2D eigenvalue weighted by molar-refractivity contribution is -0.117.